The van der Waals surface area contributed by atoms with Gasteiger partial charge in [0.25, 0.3) is 0 Å². The van der Waals surface area contributed by atoms with Crippen molar-refractivity contribution in [3.05, 3.63) is 46.7 Å². The molecule has 0 unspecified atom stereocenters. The van der Waals surface area contributed by atoms with Crippen LogP contribution in [0.1, 0.15) is 44.2 Å². The normalized spacial score (nSPS) is 9.70. The molecule has 1 aromatic rings. The highest BCUT2D eigenvalue weighted by Crippen LogP contribution is 2.11. The summed E-state index contributed by atoms with van der Waals surface area (Å²) in [5.74, 6) is -0.641. The fraction of sp³-hybridized carbons (Fsp3) is 0.421. The van der Waals surface area contributed by atoms with Gasteiger partial charge in [0.2, 0.25) is 0 Å². The van der Waals surface area contributed by atoms with Gasteiger partial charge in [-0.3, -0.25) is 4.79 Å². The summed E-state index contributed by atoms with van der Waals surface area (Å²) in [5.41, 5.74) is 5.59. The van der Waals surface area contributed by atoms with E-state index in [1.54, 1.807) is 19.9 Å². The van der Waals surface area contributed by atoms with Gasteiger partial charge in [-0.1, -0.05) is 29.8 Å². The number of ether oxygens (including phenoxy) is 2. The summed E-state index contributed by atoms with van der Waals surface area (Å²) in [6, 6.07) is 7.92. The SMILES string of the molecule is CCOC(=O)CCCC(=C=Cc1ccc(C)cc1)C(=O)OCC. The molecule has 4 nitrogen and oxygen atoms in total. The highest BCUT2D eigenvalue weighted by molar-refractivity contribution is 5.89. The van der Waals surface area contributed by atoms with Gasteiger partial charge in [-0.05, 0) is 45.3 Å². The van der Waals surface area contributed by atoms with Crippen LogP contribution in [0.25, 0.3) is 6.08 Å². The molecule has 0 fully saturated rings. The molecule has 0 N–H and O–H groups in total. The second kappa shape index (κ2) is 10.4. The summed E-state index contributed by atoms with van der Waals surface area (Å²) in [4.78, 5) is 23.3. The summed E-state index contributed by atoms with van der Waals surface area (Å²) < 4.78 is 9.92. The lowest BCUT2D eigenvalue weighted by atomic mass is 10.1. The van der Waals surface area contributed by atoms with Crippen molar-refractivity contribution in [2.75, 3.05) is 13.2 Å². The summed E-state index contributed by atoms with van der Waals surface area (Å²) in [7, 11) is 0. The molecule has 0 radical (unpaired) electrons. The fourth-order valence-corrected chi connectivity index (χ4v) is 1.93. The predicted molar refractivity (Wildman–Crippen MR) is 89.8 cm³/mol. The van der Waals surface area contributed by atoms with E-state index >= 15 is 0 Å². The summed E-state index contributed by atoms with van der Waals surface area (Å²) in [5, 5.41) is 0. The maximum absolute atomic E-state index is 12.0. The van der Waals surface area contributed by atoms with E-state index in [-0.39, 0.29) is 18.4 Å². The molecule has 23 heavy (non-hydrogen) atoms. The molecule has 0 bridgehead atoms. The molecule has 0 saturated heterocycles. The highest BCUT2D eigenvalue weighted by atomic mass is 16.5. The Morgan fingerprint density at radius 1 is 1.04 bits per heavy atom. The van der Waals surface area contributed by atoms with Crippen LogP contribution < -0.4 is 0 Å². The average molecular weight is 316 g/mol. The largest absolute Gasteiger partial charge is 0.466 e. The second-order valence-electron chi connectivity index (χ2n) is 5.06. The molecule has 0 saturated carbocycles. The lowest BCUT2D eigenvalue weighted by molar-refractivity contribution is -0.143. The minimum Gasteiger partial charge on any atom is -0.466 e. The molecule has 0 amide bonds. The van der Waals surface area contributed by atoms with E-state index in [9.17, 15) is 9.59 Å². The Hall–Kier alpha value is -2.32. The molecule has 0 aromatic heterocycles. The summed E-state index contributed by atoms with van der Waals surface area (Å²) >= 11 is 0. The van der Waals surface area contributed by atoms with Gasteiger partial charge < -0.3 is 9.47 Å². The van der Waals surface area contributed by atoms with Crippen LogP contribution in [0.5, 0.6) is 0 Å². The van der Waals surface area contributed by atoms with Crippen LogP contribution in [0.3, 0.4) is 0 Å². The first-order chi connectivity index (χ1) is 11.1. The second-order valence-corrected chi connectivity index (χ2v) is 5.06. The van der Waals surface area contributed by atoms with E-state index in [2.05, 4.69) is 5.73 Å². The molecular weight excluding hydrogens is 292 g/mol. The van der Waals surface area contributed by atoms with Crippen LogP contribution in [-0.2, 0) is 19.1 Å². The average Bonchev–Trinajstić information content (AvgIpc) is 2.52. The van der Waals surface area contributed by atoms with Gasteiger partial charge in [-0.15, -0.1) is 5.73 Å². The van der Waals surface area contributed by atoms with Gasteiger partial charge in [0.15, 0.2) is 0 Å². The first-order valence-electron chi connectivity index (χ1n) is 7.91. The Bertz CT molecular complexity index is 578. The standard InChI is InChI=1S/C19H24O4/c1-4-22-18(20)8-6-7-17(19(21)23-5-2)14-13-16-11-9-15(3)10-12-16/h9-13H,4-8H2,1-3H3. The van der Waals surface area contributed by atoms with Gasteiger partial charge in [-0.25, -0.2) is 4.79 Å². The zero-order valence-electron chi connectivity index (χ0n) is 14.1. The molecule has 0 spiro atoms. The molecule has 0 aliphatic heterocycles. The predicted octanol–water partition coefficient (Wildman–Crippen LogP) is 3.83. The van der Waals surface area contributed by atoms with Crippen LogP contribution in [0.15, 0.2) is 35.6 Å². The Morgan fingerprint density at radius 2 is 1.70 bits per heavy atom. The van der Waals surface area contributed by atoms with Crippen LogP contribution >= 0.6 is 0 Å². The lowest BCUT2D eigenvalue weighted by Crippen LogP contribution is -2.08. The number of hydrogen-bond acceptors (Lipinski definition) is 4. The summed E-state index contributed by atoms with van der Waals surface area (Å²) in [6.45, 7) is 6.23. The van der Waals surface area contributed by atoms with Crippen molar-refractivity contribution in [2.24, 2.45) is 0 Å². The fourth-order valence-electron chi connectivity index (χ4n) is 1.93. The van der Waals surface area contributed by atoms with Crippen LogP contribution in [-0.4, -0.2) is 25.2 Å². The molecule has 1 rings (SSSR count). The quantitative estimate of drug-likeness (QED) is 0.415. The van der Waals surface area contributed by atoms with Crippen LogP contribution in [0.4, 0.5) is 0 Å². The molecule has 124 valence electrons. The minimum absolute atomic E-state index is 0.252. The van der Waals surface area contributed by atoms with Gasteiger partial charge >= 0.3 is 11.9 Å². The van der Waals surface area contributed by atoms with E-state index in [0.717, 1.165) is 5.56 Å². The third kappa shape index (κ3) is 7.48. The molecule has 0 aliphatic rings. The lowest BCUT2D eigenvalue weighted by Gasteiger charge is -2.05. The van der Waals surface area contributed by atoms with Crippen LogP contribution in [0.2, 0.25) is 0 Å². The topological polar surface area (TPSA) is 52.6 Å². The Morgan fingerprint density at radius 3 is 2.30 bits per heavy atom. The molecular formula is C19H24O4. The van der Waals surface area contributed by atoms with Gasteiger partial charge in [0.05, 0.1) is 18.8 Å². The minimum atomic E-state index is -0.389. The molecule has 1 aromatic carbocycles. The maximum Gasteiger partial charge on any atom is 0.341 e. The number of benzene rings is 1. The van der Waals surface area contributed by atoms with E-state index in [1.165, 1.54) is 5.56 Å². The Balaban J connectivity index is 2.78. The van der Waals surface area contributed by atoms with Crippen molar-refractivity contribution >= 4 is 18.0 Å². The molecule has 0 atom stereocenters. The van der Waals surface area contributed by atoms with Gasteiger partial charge in [0, 0.05) is 6.42 Å². The Kier molecular flexibility index (Phi) is 8.48. The molecule has 4 heteroatoms. The third-order valence-electron chi connectivity index (χ3n) is 3.13. The smallest absolute Gasteiger partial charge is 0.341 e. The molecule has 0 heterocycles. The van der Waals surface area contributed by atoms with E-state index in [1.807, 2.05) is 31.2 Å². The van der Waals surface area contributed by atoms with Gasteiger partial charge in [-0.2, -0.15) is 0 Å². The summed E-state index contributed by atoms with van der Waals surface area (Å²) in [6.07, 6.45) is 3.00. The van der Waals surface area contributed by atoms with Crippen molar-refractivity contribution in [1.29, 1.82) is 0 Å². The van der Waals surface area contributed by atoms with Crippen molar-refractivity contribution in [1.82, 2.24) is 0 Å². The number of carbonyl (C=O) groups is 2. The monoisotopic (exact) mass is 316 g/mol. The number of esters is 2. The van der Waals surface area contributed by atoms with Gasteiger partial charge in [0.1, 0.15) is 0 Å². The van der Waals surface area contributed by atoms with Crippen molar-refractivity contribution in [3.63, 3.8) is 0 Å². The number of aryl methyl sites for hydroxylation is 1. The van der Waals surface area contributed by atoms with E-state index in [0.29, 0.717) is 31.6 Å². The zero-order chi connectivity index (χ0) is 17.1. The number of carbonyl (C=O) groups excluding carboxylic acids is 2. The van der Waals surface area contributed by atoms with E-state index < -0.39 is 0 Å². The zero-order valence-corrected chi connectivity index (χ0v) is 14.1. The molecule has 0 aliphatic carbocycles. The first kappa shape index (κ1) is 18.7. The highest BCUT2D eigenvalue weighted by Gasteiger charge is 2.11. The third-order valence-corrected chi connectivity index (χ3v) is 3.13. The van der Waals surface area contributed by atoms with E-state index in [4.69, 9.17) is 9.47 Å². The van der Waals surface area contributed by atoms with Crippen LogP contribution in [0, 0.1) is 6.92 Å². The van der Waals surface area contributed by atoms with Crippen molar-refractivity contribution in [3.8, 4) is 0 Å². The van der Waals surface area contributed by atoms with Crippen molar-refractivity contribution < 1.29 is 19.1 Å². The first-order valence-corrected chi connectivity index (χ1v) is 7.91. The maximum atomic E-state index is 12.0. The number of rotatable bonds is 8. The Labute approximate surface area is 137 Å². The number of hydrogen-bond donors (Lipinski definition) is 0. The van der Waals surface area contributed by atoms with Crippen molar-refractivity contribution in [2.45, 2.75) is 40.0 Å².